The van der Waals surface area contributed by atoms with Crippen LogP contribution in [-0.4, -0.2) is 18.2 Å². The van der Waals surface area contributed by atoms with E-state index in [0.29, 0.717) is 24.1 Å². The molecule has 0 unspecified atom stereocenters. The fourth-order valence-electron chi connectivity index (χ4n) is 1.80. The maximum absolute atomic E-state index is 11.9. The number of rotatable bonds is 5. The third kappa shape index (κ3) is 4.01. The second-order valence-electron chi connectivity index (χ2n) is 4.52. The second-order valence-corrected chi connectivity index (χ2v) is 5.69. The van der Waals surface area contributed by atoms with Crippen LogP contribution in [0.5, 0.6) is 0 Å². The van der Waals surface area contributed by atoms with Gasteiger partial charge in [-0.25, -0.2) is 0 Å². The van der Waals surface area contributed by atoms with Crippen molar-refractivity contribution in [3.8, 4) is 6.07 Å². The fraction of sp³-hybridized carbons (Fsp3) is 0.188. The monoisotopic (exact) mass is 298 g/mol. The van der Waals surface area contributed by atoms with E-state index in [1.807, 2.05) is 18.2 Å². The van der Waals surface area contributed by atoms with Gasteiger partial charge in [0.15, 0.2) is 5.78 Å². The van der Waals surface area contributed by atoms with Crippen molar-refractivity contribution in [2.75, 3.05) is 6.54 Å². The molecular weight excluding hydrogens is 284 g/mol. The lowest BCUT2D eigenvalue weighted by molar-refractivity contribution is 0.0953. The van der Waals surface area contributed by atoms with Crippen molar-refractivity contribution in [2.24, 2.45) is 0 Å². The van der Waals surface area contributed by atoms with Crippen LogP contribution in [0.15, 0.2) is 36.4 Å². The van der Waals surface area contributed by atoms with Crippen LogP contribution < -0.4 is 5.32 Å². The van der Waals surface area contributed by atoms with Crippen LogP contribution >= 0.6 is 11.3 Å². The summed E-state index contributed by atoms with van der Waals surface area (Å²) in [5, 5.41) is 11.5. The van der Waals surface area contributed by atoms with Crippen LogP contribution in [0.4, 0.5) is 0 Å². The average Bonchev–Trinajstić information content (AvgIpc) is 2.96. The van der Waals surface area contributed by atoms with Crippen molar-refractivity contribution >= 4 is 23.0 Å². The van der Waals surface area contributed by atoms with Gasteiger partial charge in [-0.15, -0.1) is 11.3 Å². The van der Waals surface area contributed by atoms with Crippen LogP contribution in [0.1, 0.15) is 37.4 Å². The maximum atomic E-state index is 11.9. The summed E-state index contributed by atoms with van der Waals surface area (Å²) in [6, 6.07) is 12.2. The molecule has 106 valence electrons. The molecule has 1 amide bonds. The standard InChI is InChI=1S/C16H14N2O2S/c1-11(19)15-7-6-14(21-15)8-9-18-16(20)13-4-2-12(10-17)3-5-13/h2-7H,8-9H2,1H3,(H,18,20). The molecule has 0 fully saturated rings. The zero-order valence-electron chi connectivity index (χ0n) is 11.6. The lowest BCUT2D eigenvalue weighted by Crippen LogP contribution is -2.25. The van der Waals surface area contributed by atoms with Crippen LogP contribution in [-0.2, 0) is 6.42 Å². The Morgan fingerprint density at radius 3 is 2.48 bits per heavy atom. The summed E-state index contributed by atoms with van der Waals surface area (Å²) in [4.78, 5) is 24.9. The minimum atomic E-state index is -0.164. The van der Waals surface area contributed by atoms with Gasteiger partial charge >= 0.3 is 0 Å². The first-order valence-corrected chi connectivity index (χ1v) is 7.30. The minimum Gasteiger partial charge on any atom is -0.352 e. The largest absolute Gasteiger partial charge is 0.352 e. The van der Waals surface area contributed by atoms with Crippen molar-refractivity contribution in [1.29, 1.82) is 5.26 Å². The number of carbonyl (C=O) groups is 2. The predicted octanol–water partition coefficient (Wildman–Crippen LogP) is 2.79. The van der Waals surface area contributed by atoms with E-state index in [9.17, 15) is 9.59 Å². The number of amides is 1. The summed E-state index contributed by atoms with van der Waals surface area (Å²) >= 11 is 1.46. The van der Waals surface area contributed by atoms with E-state index >= 15 is 0 Å². The highest BCUT2D eigenvalue weighted by Crippen LogP contribution is 2.17. The van der Waals surface area contributed by atoms with Crippen molar-refractivity contribution in [2.45, 2.75) is 13.3 Å². The molecule has 5 heteroatoms. The molecule has 0 aliphatic rings. The number of hydrogen-bond acceptors (Lipinski definition) is 4. The van der Waals surface area contributed by atoms with Crippen molar-refractivity contribution in [3.63, 3.8) is 0 Å². The molecule has 0 aliphatic carbocycles. The summed E-state index contributed by atoms with van der Waals surface area (Å²) in [6.07, 6.45) is 0.694. The normalized spacial score (nSPS) is 9.90. The third-order valence-corrected chi connectivity index (χ3v) is 4.19. The van der Waals surface area contributed by atoms with E-state index in [1.54, 1.807) is 31.2 Å². The highest BCUT2D eigenvalue weighted by atomic mass is 32.1. The molecule has 1 N–H and O–H groups in total. The number of Topliss-reactive ketones (excluding diaryl/α,β-unsaturated/α-hetero) is 1. The van der Waals surface area contributed by atoms with Gasteiger partial charge in [-0.2, -0.15) is 5.26 Å². The van der Waals surface area contributed by atoms with Crippen molar-refractivity contribution in [1.82, 2.24) is 5.32 Å². The van der Waals surface area contributed by atoms with Crippen LogP contribution in [0, 0.1) is 11.3 Å². The first-order valence-electron chi connectivity index (χ1n) is 6.48. The maximum Gasteiger partial charge on any atom is 0.251 e. The fourth-order valence-corrected chi connectivity index (χ4v) is 2.70. The molecule has 4 nitrogen and oxygen atoms in total. The van der Waals surface area contributed by atoms with Crippen LogP contribution in [0.3, 0.4) is 0 Å². The van der Waals surface area contributed by atoms with Crippen LogP contribution in [0.25, 0.3) is 0 Å². The topological polar surface area (TPSA) is 70.0 Å². The van der Waals surface area contributed by atoms with Gasteiger partial charge < -0.3 is 5.32 Å². The second kappa shape index (κ2) is 6.82. The molecule has 0 bridgehead atoms. The number of carbonyl (C=O) groups excluding carboxylic acids is 2. The summed E-state index contributed by atoms with van der Waals surface area (Å²) in [5.74, 6) is -0.101. The van der Waals surface area contributed by atoms with Gasteiger partial charge in [-0.1, -0.05) is 0 Å². The van der Waals surface area contributed by atoms with E-state index in [0.717, 1.165) is 9.75 Å². The number of nitrogens with zero attached hydrogens (tertiary/aromatic N) is 1. The summed E-state index contributed by atoms with van der Waals surface area (Å²) < 4.78 is 0. The average molecular weight is 298 g/mol. The Hall–Kier alpha value is -2.45. The van der Waals surface area contributed by atoms with Gasteiger partial charge in [0.25, 0.3) is 5.91 Å². The molecule has 1 aromatic heterocycles. The zero-order valence-corrected chi connectivity index (χ0v) is 12.4. The number of nitrogens with one attached hydrogen (secondary N) is 1. The molecule has 0 saturated carbocycles. The molecule has 0 saturated heterocycles. The zero-order chi connectivity index (χ0) is 15.2. The van der Waals surface area contributed by atoms with E-state index in [1.165, 1.54) is 11.3 Å². The SMILES string of the molecule is CC(=O)c1ccc(CCNC(=O)c2ccc(C#N)cc2)s1. The van der Waals surface area contributed by atoms with E-state index in [4.69, 9.17) is 5.26 Å². The number of ketones is 1. The van der Waals surface area contributed by atoms with Crippen molar-refractivity contribution in [3.05, 3.63) is 57.3 Å². The Labute approximate surface area is 127 Å². The number of hydrogen-bond donors (Lipinski definition) is 1. The highest BCUT2D eigenvalue weighted by Gasteiger charge is 2.07. The smallest absolute Gasteiger partial charge is 0.251 e. The molecule has 2 rings (SSSR count). The molecule has 1 heterocycles. The Balaban J connectivity index is 1.86. The number of nitriles is 1. The Bertz CT molecular complexity index is 696. The minimum absolute atomic E-state index is 0.0628. The molecule has 0 atom stereocenters. The Kier molecular flexibility index (Phi) is 4.85. The lowest BCUT2D eigenvalue weighted by Gasteiger charge is -2.04. The van der Waals surface area contributed by atoms with Crippen molar-refractivity contribution < 1.29 is 9.59 Å². The van der Waals surface area contributed by atoms with Gasteiger partial charge in [0.2, 0.25) is 0 Å². The van der Waals surface area contributed by atoms with Gasteiger partial charge in [-0.05, 0) is 49.7 Å². The van der Waals surface area contributed by atoms with Crippen LogP contribution in [0.2, 0.25) is 0 Å². The lowest BCUT2D eigenvalue weighted by atomic mass is 10.1. The molecule has 0 spiro atoms. The number of benzene rings is 1. The predicted molar refractivity (Wildman–Crippen MR) is 81.5 cm³/mol. The Morgan fingerprint density at radius 2 is 1.90 bits per heavy atom. The molecule has 1 aromatic carbocycles. The van der Waals surface area contributed by atoms with E-state index < -0.39 is 0 Å². The van der Waals surface area contributed by atoms with E-state index in [2.05, 4.69) is 5.32 Å². The van der Waals surface area contributed by atoms with E-state index in [-0.39, 0.29) is 11.7 Å². The molecular formula is C16H14N2O2S. The summed E-state index contributed by atoms with van der Waals surface area (Å²) in [6.45, 7) is 2.05. The summed E-state index contributed by atoms with van der Waals surface area (Å²) in [7, 11) is 0. The first-order chi connectivity index (χ1) is 10.1. The molecule has 21 heavy (non-hydrogen) atoms. The number of thiophene rings is 1. The highest BCUT2D eigenvalue weighted by molar-refractivity contribution is 7.14. The molecule has 0 radical (unpaired) electrons. The first kappa shape index (κ1) is 14.9. The Morgan fingerprint density at radius 1 is 1.19 bits per heavy atom. The van der Waals surface area contributed by atoms with Gasteiger partial charge in [0, 0.05) is 17.0 Å². The van der Waals surface area contributed by atoms with Gasteiger partial charge in [-0.3, -0.25) is 9.59 Å². The summed E-state index contributed by atoms with van der Waals surface area (Å²) in [5.41, 5.74) is 1.06. The third-order valence-electron chi connectivity index (χ3n) is 2.94. The van der Waals surface area contributed by atoms with Gasteiger partial charge in [0.1, 0.15) is 0 Å². The quantitative estimate of drug-likeness (QED) is 0.863. The molecule has 0 aliphatic heterocycles. The molecule has 2 aromatic rings. The van der Waals surface area contributed by atoms with Gasteiger partial charge in [0.05, 0.1) is 16.5 Å².